The van der Waals surface area contributed by atoms with E-state index in [2.05, 4.69) is 5.32 Å². The number of sulfone groups is 1. The molecule has 0 atom stereocenters. The standard InChI is InChI=1S/C15H24N2O4S/c1-12(2)11-22(19,20)10-7-15(18)17-13-3-5-14(6-4-13)21-9-8-16/h3-6,12H,7-11,16H2,1-2H3,(H,17,18). The van der Waals surface area contributed by atoms with E-state index in [1.807, 2.05) is 13.8 Å². The Morgan fingerprint density at radius 3 is 2.45 bits per heavy atom. The molecule has 1 amide bonds. The van der Waals surface area contributed by atoms with Gasteiger partial charge in [0.2, 0.25) is 5.91 Å². The lowest BCUT2D eigenvalue weighted by Crippen LogP contribution is -2.20. The van der Waals surface area contributed by atoms with E-state index in [1.165, 1.54) is 0 Å². The Kier molecular flexibility index (Phi) is 7.34. The van der Waals surface area contributed by atoms with Gasteiger partial charge in [-0.2, -0.15) is 0 Å². The molecule has 0 unspecified atom stereocenters. The van der Waals surface area contributed by atoms with Crippen molar-refractivity contribution < 1.29 is 17.9 Å². The highest BCUT2D eigenvalue weighted by molar-refractivity contribution is 7.91. The summed E-state index contributed by atoms with van der Waals surface area (Å²) in [5.41, 5.74) is 5.94. The molecule has 3 N–H and O–H groups in total. The second-order valence-electron chi connectivity index (χ2n) is 5.47. The van der Waals surface area contributed by atoms with Crippen molar-refractivity contribution in [3.8, 4) is 5.75 Å². The van der Waals surface area contributed by atoms with Crippen molar-refractivity contribution in [1.29, 1.82) is 0 Å². The molecule has 1 aromatic carbocycles. The van der Waals surface area contributed by atoms with Gasteiger partial charge in [0, 0.05) is 18.7 Å². The Hall–Kier alpha value is -1.60. The van der Waals surface area contributed by atoms with Gasteiger partial charge in [0.1, 0.15) is 12.4 Å². The quantitative estimate of drug-likeness (QED) is 0.714. The minimum Gasteiger partial charge on any atom is -0.492 e. The predicted octanol–water partition coefficient (Wildman–Crippen LogP) is 1.42. The Morgan fingerprint density at radius 2 is 1.91 bits per heavy atom. The average Bonchev–Trinajstić information content (AvgIpc) is 2.43. The van der Waals surface area contributed by atoms with Crippen molar-refractivity contribution >= 4 is 21.4 Å². The second-order valence-corrected chi connectivity index (χ2v) is 7.70. The summed E-state index contributed by atoms with van der Waals surface area (Å²) < 4.78 is 28.8. The van der Waals surface area contributed by atoms with Gasteiger partial charge in [-0.3, -0.25) is 4.79 Å². The molecule has 0 spiro atoms. The van der Waals surface area contributed by atoms with E-state index in [-0.39, 0.29) is 29.8 Å². The SMILES string of the molecule is CC(C)CS(=O)(=O)CCC(=O)Nc1ccc(OCCN)cc1. The van der Waals surface area contributed by atoms with Crippen LogP contribution in [0, 0.1) is 5.92 Å². The molecule has 0 aromatic heterocycles. The van der Waals surface area contributed by atoms with Crippen LogP contribution in [0.5, 0.6) is 5.75 Å². The first-order valence-corrected chi connectivity index (χ1v) is 9.08. The molecule has 0 radical (unpaired) electrons. The highest BCUT2D eigenvalue weighted by atomic mass is 32.2. The van der Waals surface area contributed by atoms with Crippen LogP contribution in [-0.2, 0) is 14.6 Å². The summed E-state index contributed by atoms with van der Waals surface area (Å²) in [5, 5.41) is 2.67. The zero-order chi connectivity index (χ0) is 16.6. The third kappa shape index (κ3) is 7.42. The number of carbonyl (C=O) groups excluding carboxylic acids is 1. The van der Waals surface area contributed by atoms with Gasteiger partial charge < -0.3 is 15.8 Å². The van der Waals surface area contributed by atoms with Crippen molar-refractivity contribution in [2.75, 3.05) is 30.0 Å². The van der Waals surface area contributed by atoms with Gasteiger partial charge in [-0.15, -0.1) is 0 Å². The molecule has 0 fully saturated rings. The minimum atomic E-state index is -3.18. The summed E-state index contributed by atoms with van der Waals surface area (Å²) >= 11 is 0. The molecule has 22 heavy (non-hydrogen) atoms. The van der Waals surface area contributed by atoms with Crippen LogP contribution >= 0.6 is 0 Å². The molecule has 0 saturated carbocycles. The van der Waals surface area contributed by atoms with E-state index in [0.717, 1.165) is 0 Å². The van der Waals surface area contributed by atoms with E-state index < -0.39 is 9.84 Å². The number of ether oxygens (including phenoxy) is 1. The smallest absolute Gasteiger partial charge is 0.225 e. The number of benzene rings is 1. The van der Waals surface area contributed by atoms with Crippen molar-refractivity contribution in [3.63, 3.8) is 0 Å². The van der Waals surface area contributed by atoms with Crippen LogP contribution in [0.1, 0.15) is 20.3 Å². The molecule has 124 valence electrons. The van der Waals surface area contributed by atoms with Crippen molar-refractivity contribution in [2.24, 2.45) is 11.7 Å². The Labute approximate surface area is 132 Å². The van der Waals surface area contributed by atoms with Crippen LogP contribution in [0.25, 0.3) is 0 Å². The molecule has 1 aromatic rings. The summed E-state index contributed by atoms with van der Waals surface area (Å²) in [7, 11) is -3.18. The highest BCUT2D eigenvalue weighted by Gasteiger charge is 2.15. The molecular weight excluding hydrogens is 304 g/mol. The van der Waals surface area contributed by atoms with Crippen LogP contribution in [0.3, 0.4) is 0 Å². The maximum atomic E-state index is 11.8. The number of hydrogen-bond donors (Lipinski definition) is 2. The fourth-order valence-corrected chi connectivity index (χ4v) is 3.55. The van der Waals surface area contributed by atoms with Gasteiger partial charge >= 0.3 is 0 Å². The Morgan fingerprint density at radius 1 is 1.27 bits per heavy atom. The summed E-state index contributed by atoms with van der Waals surface area (Å²) in [6, 6.07) is 6.85. The molecule has 0 heterocycles. The summed E-state index contributed by atoms with van der Waals surface area (Å²) in [6.07, 6.45) is -0.0412. The largest absolute Gasteiger partial charge is 0.492 e. The Bertz CT molecular complexity index is 568. The predicted molar refractivity (Wildman–Crippen MR) is 87.7 cm³/mol. The monoisotopic (exact) mass is 328 g/mol. The molecule has 0 aliphatic heterocycles. The molecule has 0 aliphatic rings. The van der Waals surface area contributed by atoms with Crippen molar-refractivity contribution in [3.05, 3.63) is 24.3 Å². The number of carbonyl (C=O) groups is 1. The van der Waals surface area contributed by atoms with Gasteiger partial charge in [-0.1, -0.05) is 13.8 Å². The number of amides is 1. The normalized spacial score (nSPS) is 11.5. The van der Waals surface area contributed by atoms with Gasteiger partial charge in [-0.25, -0.2) is 8.42 Å². The number of nitrogens with two attached hydrogens (primary N) is 1. The molecule has 1 rings (SSSR count). The van der Waals surface area contributed by atoms with E-state index in [1.54, 1.807) is 24.3 Å². The first-order valence-electron chi connectivity index (χ1n) is 7.25. The van der Waals surface area contributed by atoms with E-state index >= 15 is 0 Å². The molecular formula is C15H24N2O4S. The van der Waals surface area contributed by atoms with E-state index in [0.29, 0.717) is 24.6 Å². The third-order valence-electron chi connectivity index (χ3n) is 2.75. The molecule has 6 nitrogen and oxygen atoms in total. The lowest BCUT2D eigenvalue weighted by molar-refractivity contribution is -0.115. The second kappa shape index (κ2) is 8.75. The first kappa shape index (κ1) is 18.4. The fourth-order valence-electron chi connectivity index (χ4n) is 1.87. The maximum Gasteiger partial charge on any atom is 0.225 e. The minimum absolute atomic E-state index is 0.0412. The number of hydrogen-bond acceptors (Lipinski definition) is 5. The highest BCUT2D eigenvalue weighted by Crippen LogP contribution is 2.15. The van der Waals surface area contributed by atoms with Gasteiger partial charge in [0.05, 0.1) is 11.5 Å². The van der Waals surface area contributed by atoms with Crippen LogP contribution in [0.4, 0.5) is 5.69 Å². The lowest BCUT2D eigenvalue weighted by atomic mass is 10.3. The molecule has 0 aliphatic carbocycles. The number of nitrogens with one attached hydrogen (secondary N) is 1. The average molecular weight is 328 g/mol. The van der Waals surface area contributed by atoms with Crippen LogP contribution in [0.15, 0.2) is 24.3 Å². The number of rotatable bonds is 9. The Balaban J connectivity index is 2.45. The molecule has 0 saturated heterocycles. The topological polar surface area (TPSA) is 98.5 Å². The number of anilines is 1. The van der Waals surface area contributed by atoms with Gasteiger partial charge in [0.15, 0.2) is 9.84 Å². The van der Waals surface area contributed by atoms with Crippen LogP contribution < -0.4 is 15.8 Å². The van der Waals surface area contributed by atoms with Gasteiger partial charge in [-0.05, 0) is 30.2 Å². The fraction of sp³-hybridized carbons (Fsp3) is 0.533. The maximum absolute atomic E-state index is 11.8. The lowest BCUT2D eigenvalue weighted by Gasteiger charge is -2.09. The van der Waals surface area contributed by atoms with Crippen molar-refractivity contribution in [2.45, 2.75) is 20.3 Å². The zero-order valence-corrected chi connectivity index (χ0v) is 13.9. The zero-order valence-electron chi connectivity index (χ0n) is 13.0. The van der Waals surface area contributed by atoms with Crippen LogP contribution in [0.2, 0.25) is 0 Å². The van der Waals surface area contributed by atoms with E-state index in [4.69, 9.17) is 10.5 Å². The summed E-state index contributed by atoms with van der Waals surface area (Å²) in [4.78, 5) is 11.8. The third-order valence-corrected chi connectivity index (χ3v) is 4.75. The summed E-state index contributed by atoms with van der Waals surface area (Å²) in [5.74, 6) is 0.391. The van der Waals surface area contributed by atoms with Crippen LogP contribution in [-0.4, -0.2) is 39.0 Å². The van der Waals surface area contributed by atoms with E-state index in [9.17, 15) is 13.2 Å². The van der Waals surface area contributed by atoms with Gasteiger partial charge in [0.25, 0.3) is 0 Å². The summed E-state index contributed by atoms with van der Waals surface area (Å²) in [6.45, 7) is 4.54. The molecule has 7 heteroatoms. The van der Waals surface area contributed by atoms with Crippen molar-refractivity contribution in [1.82, 2.24) is 0 Å². The molecule has 0 bridgehead atoms. The first-order chi connectivity index (χ1) is 10.3.